The Kier molecular flexibility index (Phi) is 12.0. The summed E-state index contributed by atoms with van der Waals surface area (Å²) in [6.07, 6.45) is -5.01. The van der Waals surface area contributed by atoms with Crippen molar-refractivity contribution in [2.24, 2.45) is 10.9 Å². The zero-order chi connectivity index (χ0) is 18.2. The van der Waals surface area contributed by atoms with E-state index in [4.69, 9.17) is 0 Å². The van der Waals surface area contributed by atoms with Crippen LogP contribution in [-0.2, 0) is 0 Å². The molecule has 2 N–H and O–H groups in total. The normalized spacial score (nSPS) is 18.8. The van der Waals surface area contributed by atoms with Crippen LogP contribution in [0.4, 0.5) is 13.2 Å². The Balaban J connectivity index is 0.00000576. The molecule has 0 bridgehead atoms. The maximum atomic E-state index is 12.3. The van der Waals surface area contributed by atoms with Crippen molar-refractivity contribution < 1.29 is 13.2 Å². The predicted molar refractivity (Wildman–Crippen MR) is 108 cm³/mol. The largest absolute Gasteiger partial charge is 0.390 e. The molecule has 1 unspecified atom stereocenters. The van der Waals surface area contributed by atoms with Crippen molar-refractivity contribution in [3.63, 3.8) is 0 Å². The van der Waals surface area contributed by atoms with Gasteiger partial charge in [-0.1, -0.05) is 13.8 Å². The Morgan fingerprint density at radius 2 is 1.72 bits per heavy atom. The lowest BCUT2D eigenvalue weighted by Gasteiger charge is -2.39. The second-order valence-electron chi connectivity index (χ2n) is 6.66. The summed E-state index contributed by atoms with van der Waals surface area (Å²) >= 11 is 0. The van der Waals surface area contributed by atoms with E-state index in [9.17, 15) is 13.2 Å². The number of hydrogen-bond acceptors (Lipinski definition) is 3. The second-order valence-corrected chi connectivity index (χ2v) is 6.66. The molecule has 1 aliphatic rings. The Bertz CT molecular complexity index is 382. The summed E-state index contributed by atoms with van der Waals surface area (Å²) in [4.78, 5) is 9.26. The fourth-order valence-corrected chi connectivity index (χ4v) is 2.75. The number of hydrogen-bond donors (Lipinski definition) is 2. The van der Waals surface area contributed by atoms with Crippen LogP contribution >= 0.6 is 24.0 Å². The van der Waals surface area contributed by atoms with E-state index in [1.165, 1.54) is 0 Å². The van der Waals surface area contributed by atoms with Crippen LogP contribution in [0.1, 0.15) is 27.2 Å². The smallest absolute Gasteiger partial charge is 0.357 e. The number of piperazine rings is 1. The van der Waals surface area contributed by atoms with Crippen molar-refractivity contribution in [3.8, 4) is 0 Å². The van der Waals surface area contributed by atoms with Gasteiger partial charge in [0.15, 0.2) is 5.96 Å². The van der Waals surface area contributed by atoms with Gasteiger partial charge in [0.1, 0.15) is 0 Å². The average Bonchev–Trinajstić information content (AvgIpc) is 2.47. The minimum Gasteiger partial charge on any atom is -0.357 e. The third-order valence-electron chi connectivity index (χ3n) is 4.26. The zero-order valence-electron chi connectivity index (χ0n) is 15.7. The number of halogens is 4. The SMILES string of the molecule is CCNC(=NCC(C(C)C)N1CCN(C)CC1)NCCC(F)(F)F.I. The highest BCUT2D eigenvalue weighted by Crippen LogP contribution is 2.18. The molecule has 1 heterocycles. The first-order chi connectivity index (χ1) is 11.2. The highest BCUT2D eigenvalue weighted by Gasteiger charge is 2.27. The molecule has 0 aromatic rings. The molecule has 1 atom stereocenters. The standard InChI is InChI=1S/C16H32F3N5.HI/c1-5-20-15(21-7-6-16(17,18)19)22-12-14(13(2)3)24-10-8-23(4)9-11-24;/h13-14H,5-12H2,1-4H3,(H2,20,21,22);1H. The Hall–Kier alpha value is -0.290. The van der Waals surface area contributed by atoms with Gasteiger partial charge in [0.2, 0.25) is 0 Å². The minimum absolute atomic E-state index is 0. The molecule has 1 rings (SSSR count). The fraction of sp³-hybridized carbons (Fsp3) is 0.938. The Morgan fingerprint density at radius 3 is 2.20 bits per heavy atom. The van der Waals surface area contributed by atoms with Gasteiger partial charge in [0.25, 0.3) is 0 Å². The van der Waals surface area contributed by atoms with Gasteiger partial charge in [-0.2, -0.15) is 13.2 Å². The summed E-state index contributed by atoms with van der Waals surface area (Å²) in [5, 5.41) is 5.79. The lowest BCUT2D eigenvalue weighted by Crippen LogP contribution is -2.52. The van der Waals surface area contributed by atoms with Crippen molar-refractivity contribution in [3.05, 3.63) is 0 Å². The first-order valence-corrected chi connectivity index (χ1v) is 8.74. The number of aliphatic imine (C=N–C) groups is 1. The lowest BCUT2D eigenvalue weighted by molar-refractivity contribution is -0.132. The first kappa shape index (κ1) is 24.7. The number of alkyl halides is 3. The monoisotopic (exact) mass is 479 g/mol. The molecule has 150 valence electrons. The van der Waals surface area contributed by atoms with E-state index in [1.54, 1.807) is 0 Å². The number of nitrogens with zero attached hydrogens (tertiary/aromatic N) is 3. The van der Waals surface area contributed by atoms with E-state index >= 15 is 0 Å². The number of guanidine groups is 1. The van der Waals surface area contributed by atoms with Gasteiger partial charge < -0.3 is 15.5 Å². The van der Waals surface area contributed by atoms with Crippen molar-refractivity contribution in [2.75, 3.05) is 52.9 Å². The number of rotatable bonds is 7. The van der Waals surface area contributed by atoms with E-state index < -0.39 is 12.6 Å². The van der Waals surface area contributed by atoms with Crippen LogP contribution in [-0.4, -0.2) is 80.8 Å². The van der Waals surface area contributed by atoms with Crippen molar-refractivity contribution >= 4 is 29.9 Å². The first-order valence-electron chi connectivity index (χ1n) is 8.74. The van der Waals surface area contributed by atoms with Crippen LogP contribution in [0, 0.1) is 5.92 Å². The topological polar surface area (TPSA) is 42.9 Å². The highest BCUT2D eigenvalue weighted by atomic mass is 127. The third kappa shape index (κ3) is 10.4. The average molecular weight is 479 g/mol. The van der Waals surface area contributed by atoms with E-state index in [2.05, 4.69) is 46.3 Å². The molecule has 0 saturated carbocycles. The lowest BCUT2D eigenvalue weighted by atomic mass is 10.0. The molecule has 0 aromatic carbocycles. The summed E-state index contributed by atoms with van der Waals surface area (Å²) < 4.78 is 36.8. The summed E-state index contributed by atoms with van der Waals surface area (Å²) in [7, 11) is 2.12. The van der Waals surface area contributed by atoms with Gasteiger partial charge in [0, 0.05) is 45.3 Å². The molecule has 25 heavy (non-hydrogen) atoms. The van der Waals surface area contributed by atoms with Crippen molar-refractivity contribution in [1.29, 1.82) is 0 Å². The number of likely N-dealkylation sites (N-methyl/N-ethyl adjacent to an activating group) is 1. The molecule has 1 fully saturated rings. The molecule has 5 nitrogen and oxygen atoms in total. The maximum absolute atomic E-state index is 12.3. The van der Waals surface area contributed by atoms with Gasteiger partial charge in [0.05, 0.1) is 13.0 Å². The van der Waals surface area contributed by atoms with E-state index in [-0.39, 0.29) is 30.5 Å². The Morgan fingerprint density at radius 1 is 1.12 bits per heavy atom. The molecule has 0 aliphatic carbocycles. The molecule has 0 spiro atoms. The van der Waals surface area contributed by atoms with Crippen LogP contribution in [0.15, 0.2) is 4.99 Å². The molecule has 1 aliphatic heterocycles. The molecule has 0 amide bonds. The quantitative estimate of drug-likeness (QED) is 0.335. The highest BCUT2D eigenvalue weighted by molar-refractivity contribution is 14.0. The van der Waals surface area contributed by atoms with Crippen LogP contribution in [0.2, 0.25) is 0 Å². The summed E-state index contributed by atoms with van der Waals surface area (Å²) in [5.41, 5.74) is 0. The second kappa shape index (κ2) is 12.2. The van der Waals surface area contributed by atoms with Gasteiger partial charge in [-0.05, 0) is 19.9 Å². The van der Waals surface area contributed by atoms with Crippen LogP contribution in [0.25, 0.3) is 0 Å². The third-order valence-corrected chi connectivity index (χ3v) is 4.26. The van der Waals surface area contributed by atoms with Gasteiger partial charge in [-0.3, -0.25) is 9.89 Å². The number of nitrogens with one attached hydrogen (secondary N) is 2. The fourth-order valence-electron chi connectivity index (χ4n) is 2.75. The van der Waals surface area contributed by atoms with Gasteiger partial charge in [-0.25, -0.2) is 0 Å². The molecular weight excluding hydrogens is 446 g/mol. The van der Waals surface area contributed by atoms with Crippen LogP contribution in [0.3, 0.4) is 0 Å². The summed E-state index contributed by atoms with van der Waals surface area (Å²) in [6.45, 7) is 11.4. The maximum Gasteiger partial charge on any atom is 0.390 e. The molecular formula is C16H33F3IN5. The summed E-state index contributed by atoms with van der Waals surface area (Å²) in [6, 6.07) is 0.303. The van der Waals surface area contributed by atoms with Gasteiger partial charge in [-0.15, -0.1) is 24.0 Å². The molecule has 0 aromatic heterocycles. The molecule has 1 saturated heterocycles. The van der Waals surface area contributed by atoms with Crippen LogP contribution < -0.4 is 10.6 Å². The van der Waals surface area contributed by atoms with Crippen molar-refractivity contribution in [1.82, 2.24) is 20.4 Å². The molecule has 9 heteroatoms. The van der Waals surface area contributed by atoms with Crippen molar-refractivity contribution in [2.45, 2.75) is 39.4 Å². The Labute approximate surface area is 166 Å². The van der Waals surface area contributed by atoms with E-state index in [1.807, 2.05) is 6.92 Å². The minimum atomic E-state index is -4.15. The van der Waals surface area contributed by atoms with Gasteiger partial charge >= 0.3 is 6.18 Å². The summed E-state index contributed by atoms with van der Waals surface area (Å²) in [5.74, 6) is 0.900. The van der Waals surface area contributed by atoms with Crippen LogP contribution in [0.5, 0.6) is 0 Å². The van der Waals surface area contributed by atoms with E-state index in [0.717, 1.165) is 26.2 Å². The van der Waals surface area contributed by atoms with E-state index in [0.29, 0.717) is 31.0 Å². The predicted octanol–water partition coefficient (Wildman–Crippen LogP) is 2.38. The zero-order valence-corrected chi connectivity index (χ0v) is 18.0. The molecule has 0 radical (unpaired) electrons.